The molecule has 0 radical (unpaired) electrons. The van der Waals surface area contributed by atoms with Crippen LogP contribution >= 0.6 is 0 Å². The van der Waals surface area contributed by atoms with Gasteiger partial charge in [-0.1, -0.05) is 13.3 Å². The number of likely N-dealkylation sites (tertiary alicyclic amines) is 1. The zero-order valence-electron chi connectivity index (χ0n) is 10.9. The number of carbonyl (C=O) groups is 2. The first-order chi connectivity index (χ1) is 8.58. The van der Waals surface area contributed by atoms with Gasteiger partial charge in [0.25, 0.3) is 0 Å². The van der Waals surface area contributed by atoms with E-state index in [-0.39, 0.29) is 6.03 Å². The number of hydrogen-bond donors (Lipinski definition) is 2. The van der Waals surface area contributed by atoms with E-state index >= 15 is 0 Å². The number of carboxylic acid groups (broad SMARTS) is 1. The summed E-state index contributed by atoms with van der Waals surface area (Å²) in [5, 5.41) is 12.0. The van der Waals surface area contributed by atoms with Crippen molar-refractivity contribution in [2.75, 3.05) is 13.1 Å². The quantitative estimate of drug-likeness (QED) is 0.786. The highest BCUT2D eigenvalue weighted by Crippen LogP contribution is 2.48. The Morgan fingerprint density at radius 1 is 1.44 bits per heavy atom. The van der Waals surface area contributed by atoms with Crippen molar-refractivity contribution in [3.05, 3.63) is 0 Å². The second kappa shape index (κ2) is 5.16. The fourth-order valence-corrected chi connectivity index (χ4v) is 2.85. The van der Waals surface area contributed by atoms with E-state index in [1.54, 1.807) is 0 Å². The van der Waals surface area contributed by atoms with Gasteiger partial charge in [-0.3, -0.25) is 0 Å². The molecule has 0 unspecified atom stereocenters. The molecule has 102 valence electrons. The second-order valence-corrected chi connectivity index (χ2v) is 5.60. The van der Waals surface area contributed by atoms with Gasteiger partial charge in [0.15, 0.2) is 0 Å². The summed E-state index contributed by atoms with van der Waals surface area (Å²) in [6, 6.07) is -0.839. The minimum atomic E-state index is -0.891. The number of rotatable bonds is 5. The van der Waals surface area contributed by atoms with Crippen molar-refractivity contribution in [1.82, 2.24) is 10.2 Å². The Balaban J connectivity index is 1.83. The van der Waals surface area contributed by atoms with Crippen molar-refractivity contribution in [3.8, 4) is 0 Å². The molecule has 1 aliphatic carbocycles. The first kappa shape index (κ1) is 13.2. The summed E-state index contributed by atoms with van der Waals surface area (Å²) >= 11 is 0. The Morgan fingerprint density at radius 2 is 2.17 bits per heavy atom. The van der Waals surface area contributed by atoms with E-state index in [1.165, 1.54) is 17.7 Å². The molecule has 0 aromatic carbocycles. The van der Waals surface area contributed by atoms with Gasteiger partial charge in [0.1, 0.15) is 6.04 Å². The molecule has 0 aromatic heterocycles. The smallest absolute Gasteiger partial charge is 0.326 e. The maximum Gasteiger partial charge on any atom is 0.326 e. The van der Waals surface area contributed by atoms with Gasteiger partial charge >= 0.3 is 12.0 Å². The average molecular weight is 254 g/mol. The summed E-state index contributed by atoms with van der Waals surface area (Å²) < 4.78 is 0. The molecule has 2 fully saturated rings. The van der Waals surface area contributed by atoms with E-state index in [9.17, 15) is 9.59 Å². The van der Waals surface area contributed by atoms with Crippen molar-refractivity contribution < 1.29 is 14.7 Å². The minimum absolute atomic E-state index is 0.206. The third-order valence-electron chi connectivity index (χ3n) is 4.15. The predicted octanol–water partition coefficient (Wildman–Crippen LogP) is 1.83. The molecule has 1 heterocycles. The number of hydrogen-bond acceptors (Lipinski definition) is 2. The first-order valence-corrected chi connectivity index (χ1v) is 6.85. The highest BCUT2D eigenvalue weighted by Gasteiger charge is 2.42. The van der Waals surface area contributed by atoms with E-state index in [1.807, 2.05) is 0 Å². The Hall–Kier alpha value is -1.26. The number of urea groups is 1. The SMILES string of the molecule is CCCC1(CNC(=O)N2CCC[C@H]2C(=O)O)CC1. The maximum atomic E-state index is 12.0. The molecule has 2 aliphatic rings. The summed E-state index contributed by atoms with van der Waals surface area (Å²) in [5.74, 6) is -0.891. The van der Waals surface area contributed by atoms with Crippen LogP contribution in [0.4, 0.5) is 4.79 Å². The van der Waals surface area contributed by atoms with E-state index in [0.717, 1.165) is 19.3 Å². The van der Waals surface area contributed by atoms with Gasteiger partial charge in [0.2, 0.25) is 0 Å². The molecule has 2 rings (SSSR count). The van der Waals surface area contributed by atoms with Crippen LogP contribution in [-0.4, -0.2) is 41.1 Å². The summed E-state index contributed by atoms with van der Waals surface area (Å²) in [4.78, 5) is 24.5. The summed E-state index contributed by atoms with van der Waals surface area (Å²) in [6.07, 6.45) is 6.01. The largest absolute Gasteiger partial charge is 0.480 e. The summed E-state index contributed by atoms with van der Waals surface area (Å²) in [5.41, 5.74) is 0.308. The molecule has 2 N–H and O–H groups in total. The van der Waals surface area contributed by atoms with Crippen molar-refractivity contribution in [2.45, 2.75) is 51.5 Å². The van der Waals surface area contributed by atoms with Gasteiger partial charge in [-0.2, -0.15) is 0 Å². The van der Waals surface area contributed by atoms with Gasteiger partial charge in [0.05, 0.1) is 0 Å². The van der Waals surface area contributed by atoms with Gasteiger partial charge in [0, 0.05) is 13.1 Å². The lowest BCUT2D eigenvalue weighted by Crippen LogP contribution is -2.47. The van der Waals surface area contributed by atoms with Crippen molar-refractivity contribution in [1.29, 1.82) is 0 Å². The van der Waals surface area contributed by atoms with E-state index in [4.69, 9.17) is 5.11 Å². The van der Waals surface area contributed by atoms with E-state index in [2.05, 4.69) is 12.2 Å². The first-order valence-electron chi connectivity index (χ1n) is 6.85. The van der Waals surface area contributed by atoms with E-state index < -0.39 is 12.0 Å². The maximum absolute atomic E-state index is 12.0. The Bertz CT molecular complexity index is 339. The lowest BCUT2D eigenvalue weighted by atomic mass is 10.0. The number of amides is 2. The normalized spacial score (nSPS) is 24.9. The zero-order valence-corrected chi connectivity index (χ0v) is 10.9. The van der Waals surface area contributed by atoms with Crippen LogP contribution in [0.2, 0.25) is 0 Å². The predicted molar refractivity (Wildman–Crippen MR) is 67.3 cm³/mol. The number of carboxylic acids is 1. The highest BCUT2D eigenvalue weighted by atomic mass is 16.4. The van der Waals surface area contributed by atoms with Crippen molar-refractivity contribution >= 4 is 12.0 Å². The molecule has 18 heavy (non-hydrogen) atoms. The Morgan fingerprint density at radius 3 is 2.72 bits per heavy atom. The third kappa shape index (κ3) is 2.76. The van der Waals surface area contributed by atoms with Crippen LogP contribution in [0.15, 0.2) is 0 Å². The average Bonchev–Trinajstić information content (AvgIpc) is 2.92. The highest BCUT2D eigenvalue weighted by molar-refractivity contribution is 5.83. The van der Waals surface area contributed by atoms with Gasteiger partial charge in [-0.15, -0.1) is 0 Å². The number of nitrogens with zero attached hydrogens (tertiary/aromatic N) is 1. The third-order valence-corrected chi connectivity index (χ3v) is 4.15. The molecule has 1 atom stereocenters. The van der Waals surface area contributed by atoms with Gasteiger partial charge < -0.3 is 15.3 Å². The monoisotopic (exact) mass is 254 g/mol. The molecule has 0 spiro atoms. The van der Waals surface area contributed by atoms with Crippen molar-refractivity contribution in [2.24, 2.45) is 5.41 Å². The number of nitrogens with one attached hydrogen (secondary N) is 1. The molecule has 5 nitrogen and oxygen atoms in total. The molecule has 0 aromatic rings. The summed E-state index contributed by atoms with van der Waals surface area (Å²) in [6.45, 7) is 3.41. The van der Waals surface area contributed by atoms with Crippen LogP contribution in [0.3, 0.4) is 0 Å². The number of carbonyl (C=O) groups excluding carboxylic acids is 1. The van der Waals surface area contributed by atoms with Crippen LogP contribution in [0, 0.1) is 5.41 Å². The number of aliphatic carboxylic acids is 1. The molecule has 1 saturated heterocycles. The molecule has 5 heteroatoms. The van der Waals surface area contributed by atoms with Crippen LogP contribution < -0.4 is 5.32 Å². The standard InChI is InChI=1S/C13H22N2O3/c1-2-5-13(6-7-13)9-14-12(18)15-8-3-4-10(15)11(16)17/h10H,2-9H2,1H3,(H,14,18)(H,16,17)/t10-/m0/s1. The molecule has 1 aliphatic heterocycles. The Labute approximate surface area is 108 Å². The zero-order chi connectivity index (χ0) is 13.2. The molecule has 2 amide bonds. The molecular formula is C13H22N2O3. The lowest BCUT2D eigenvalue weighted by molar-refractivity contribution is -0.141. The molecule has 1 saturated carbocycles. The van der Waals surface area contributed by atoms with Crippen LogP contribution in [-0.2, 0) is 4.79 Å². The van der Waals surface area contributed by atoms with Crippen LogP contribution in [0.5, 0.6) is 0 Å². The van der Waals surface area contributed by atoms with Gasteiger partial charge in [-0.05, 0) is 37.5 Å². The fourth-order valence-electron chi connectivity index (χ4n) is 2.85. The molecule has 0 bridgehead atoms. The van der Waals surface area contributed by atoms with Crippen molar-refractivity contribution in [3.63, 3.8) is 0 Å². The van der Waals surface area contributed by atoms with Crippen LogP contribution in [0.25, 0.3) is 0 Å². The van der Waals surface area contributed by atoms with Gasteiger partial charge in [-0.25, -0.2) is 9.59 Å². The second-order valence-electron chi connectivity index (χ2n) is 5.60. The molecular weight excluding hydrogens is 232 g/mol. The topological polar surface area (TPSA) is 69.6 Å². The minimum Gasteiger partial charge on any atom is -0.480 e. The van der Waals surface area contributed by atoms with E-state index in [0.29, 0.717) is 24.9 Å². The fraction of sp³-hybridized carbons (Fsp3) is 0.846. The lowest BCUT2D eigenvalue weighted by Gasteiger charge is -2.23. The van der Waals surface area contributed by atoms with Crippen LogP contribution in [0.1, 0.15) is 45.4 Å². The summed E-state index contributed by atoms with van der Waals surface area (Å²) in [7, 11) is 0. The Kier molecular flexibility index (Phi) is 3.78.